The molecule has 31 heavy (non-hydrogen) atoms. The Kier molecular flexibility index (Phi) is 6.16. The number of nitrogens with zero attached hydrogens (tertiary/aromatic N) is 4. The van der Waals surface area contributed by atoms with Gasteiger partial charge in [-0.3, -0.25) is 4.79 Å². The number of benzene rings is 1. The van der Waals surface area contributed by atoms with Gasteiger partial charge in [0, 0.05) is 24.7 Å². The third-order valence-electron chi connectivity index (χ3n) is 6.11. The van der Waals surface area contributed by atoms with Crippen molar-refractivity contribution in [1.29, 1.82) is 0 Å². The van der Waals surface area contributed by atoms with Crippen molar-refractivity contribution in [2.45, 2.75) is 65.8 Å². The highest BCUT2D eigenvalue weighted by atomic mass is 16.5. The fourth-order valence-corrected chi connectivity index (χ4v) is 4.20. The quantitative estimate of drug-likeness (QED) is 0.568. The van der Waals surface area contributed by atoms with Crippen LogP contribution in [-0.4, -0.2) is 32.5 Å². The number of aryl methyl sites for hydroxylation is 3. The zero-order chi connectivity index (χ0) is 22.0. The molecule has 1 aliphatic rings. The normalized spacial score (nSPS) is 16.1. The van der Waals surface area contributed by atoms with Crippen molar-refractivity contribution in [3.05, 3.63) is 64.4 Å². The molecule has 0 saturated carbocycles. The van der Waals surface area contributed by atoms with Crippen LogP contribution in [0, 0.1) is 20.8 Å². The number of rotatable bonds is 6. The van der Waals surface area contributed by atoms with Crippen molar-refractivity contribution < 1.29 is 9.32 Å². The maximum Gasteiger partial charge on any atom is 0.227 e. The number of amides is 1. The first-order valence-corrected chi connectivity index (χ1v) is 11.1. The molecule has 0 bridgehead atoms. The Balaban J connectivity index is 1.68. The van der Waals surface area contributed by atoms with E-state index < -0.39 is 0 Å². The van der Waals surface area contributed by atoms with Crippen LogP contribution in [0.2, 0.25) is 0 Å². The predicted molar refractivity (Wildman–Crippen MR) is 120 cm³/mol. The molecule has 1 aliphatic heterocycles. The van der Waals surface area contributed by atoms with Crippen molar-refractivity contribution >= 4 is 5.91 Å². The van der Waals surface area contributed by atoms with Gasteiger partial charge in [-0.25, -0.2) is 9.97 Å². The molecule has 3 aromatic rings. The van der Waals surface area contributed by atoms with E-state index in [0.29, 0.717) is 12.2 Å². The topological polar surface area (TPSA) is 72.1 Å². The van der Waals surface area contributed by atoms with Gasteiger partial charge in [0.05, 0.1) is 29.4 Å². The predicted octanol–water partition coefficient (Wildman–Crippen LogP) is 4.92. The summed E-state index contributed by atoms with van der Waals surface area (Å²) in [5.74, 6) is 1.65. The number of hydrogen-bond donors (Lipinski definition) is 0. The van der Waals surface area contributed by atoms with Gasteiger partial charge in [-0.15, -0.1) is 0 Å². The fraction of sp³-hybridized carbons (Fsp3) is 0.440. The minimum Gasteiger partial charge on any atom is -0.356 e. The number of carbonyl (C=O) groups excluding carboxylic acids is 1. The number of carbonyl (C=O) groups is 1. The number of likely N-dealkylation sites (tertiary alicyclic amines) is 1. The Morgan fingerprint density at radius 1 is 1.19 bits per heavy atom. The fourth-order valence-electron chi connectivity index (χ4n) is 4.20. The van der Waals surface area contributed by atoms with Crippen LogP contribution < -0.4 is 0 Å². The molecule has 1 atom stereocenters. The van der Waals surface area contributed by atoms with Gasteiger partial charge in [0.1, 0.15) is 5.82 Å². The molecule has 4 rings (SSSR count). The molecule has 2 aromatic heterocycles. The SMILES string of the molecule is CCCc1ncc(-c2onc(C)c2C)c(C2CCCN2C(=O)Cc2ccc(C)cc2)n1. The van der Waals surface area contributed by atoms with Crippen LogP contribution in [0.5, 0.6) is 0 Å². The van der Waals surface area contributed by atoms with E-state index in [-0.39, 0.29) is 11.9 Å². The van der Waals surface area contributed by atoms with E-state index in [1.807, 2.05) is 37.1 Å². The zero-order valence-corrected chi connectivity index (χ0v) is 18.8. The van der Waals surface area contributed by atoms with Crippen LogP contribution in [0.1, 0.15) is 66.1 Å². The van der Waals surface area contributed by atoms with Gasteiger partial charge >= 0.3 is 0 Å². The van der Waals surface area contributed by atoms with Crippen molar-refractivity contribution in [2.24, 2.45) is 0 Å². The van der Waals surface area contributed by atoms with Gasteiger partial charge in [0.15, 0.2) is 5.76 Å². The van der Waals surface area contributed by atoms with Gasteiger partial charge in [-0.1, -0.05) is 41.9 Å². The monoisotopic (exact) mass is 418 g/mol. The van der Waals surface area contributed by atoms with Crippen molar-refractivity contribution in [3.63, 3.8) is 0 Å². The van der Waals surface area contributed by atoms with Gasteiger partial charge in [-0.05, 0) is 45.6 Å². The Labute approximate surface area is 183 Å². The lowest BCUT2D eigenvalue weighted by atomic mass is 10.0. The summed E-state index contributed by atoms with van der Waals surface area (Å²) in [6, 6.07) is 8.11. The molecule has 6 heteroatoms. The molecule has 1 fully saturated rings. The first kappa shape index (κ1) is 21.2. The van der Waals surface area contributed by atoms with E-state index in [1.54, 1.807) is 0 Å². The maximum atomic E-state index is 13.3. The summed E-state index contributed by atoms with van der Waals surface area (Å²) in [4.78, 5) is 24.7. The van der Waals surface area contributed by atoms with Gasteiger partial charge in [-0.2, -0.15) is 0 Å². The average molecular weight is 419 g/mol. The first-order valence-electron chi connectivity index (χ1n) is 11.1. The lowest BCUT2D eigenvalue weighted by molar-refractivity contribution is -0.131. The molecule has 1 unspecified atom stereocenters. The molecule has 6 nitrogen and oxygen atoms in total. The Morgan fingerprint density at radius 2 is 1.97 bits per heavy atom. The van der Waals surface area contributed by atoms with Crippen LogP contribution in [0.15, 0.2) is 35.0 Å². The highest BCUT2D eigenvalue weighted by Gasteiger charge is 2.34. The van der Waals surface area contributed by atoms with Crippen LogP contribution >= 0.6 is 0 Å². The second kappa shape index (κ2) is 9.00. The van der Waals surface area contributed by atoms with Crippen LogP contribution in [-0.2, 0) is 17.6 Å². The van der Waals surface area contributed by atoms with Crippen molar-refractivity contribution in [1.82, 2.24) is 20.0 Å². The highest BCUT2D eigenvalue weighted by molar-refractivity contribution is 5.80. The summed E-state index contributed by atoms with van der Waals surface area (Å²) in [7, 11) is 0. The van der Waals surface area contributed by atoms with E-state index in [2.05, 4.69) is 36.1 Å². The molecule has 0 radical (unpaired) electrons. The van der Waals surface area contributed by atoms with Crippen molar-refractivity contribution in [2.75, 3.05) is 6.54 Å². The van der Waals surface area contributed by atoms with E-state index in [4.69, 9.17) is 9.51 Å². The molecule has 3 heterocycles. The zero-order valence-electron chi connectivity index (χ0n) is 18.8. The van der Waals surface area contributed by atoms with E-state index in [0.717, 1.165) is 66.1 Å². The lowest BCUT2D eigenvalue weighted by Gasteiger charge is -2.26. The molecular formula is C25H30N4O2. The van der Waals surface area contributed by atoms with Gasteiger partial charge in [0.25, 0.3) is 0 Å². The third kappa shape index (κ3) is 4.38. The molecule has 162 valence electrons. The Morgan fingerprint density at radius 3 is 2.65 bits per heavy atom. The lowest BCUT2D eigenvalue weighted by Crippen LogP contribution is -2.32. The van der Waals surface area contributed by atoms with E-state index in [1.165, 1.54) is 5.56 Å². The number of aromatic nitrogens is 3. The van der Waals surface area contributed by atoms with Crippen LogP contribution in [0.25, 0.3) is 11.3 Å². The summed E-state index contributed by atoms with van der Waals surface area (Å²) in [5.41, 5.74) is 5.81. The summed E-state index contributed by atoms with van der Waals surface area (Å²) in [6.07, 6.45) is 5.89. The largest absolute Gasteiger partial charge is 0.356 e. The summed E-state index contributed by atoms with van der Waals surface area (Å²) >= 11 is 0. The van der Waals surface area contributed by atoms with Crippen LogP contribution in [0.3, 0.4) is 0 Å². The average Bonchev–Trinajstić information content (AvgIpc) is 3.38. The maximum absolute atomic E-state index is 13.3. The molecule has 1 aromatic carbocycles. The molecule has 0 aliphatic carbocycles. The molecular weight excluding hydrogens is 388 g/mol. The van der Waals surface area contributed by atoms with Gasteiger partial charge < -0.3 is 9.42 Å². The second-order valence-electron chi connectivity index (χ2n) is 8.46. The second-order valence-corrected chi connectivity index (χ2v) is 8.46. The van der Waals surface area contributed by atoms with Gasteiger partial charge in [0.2, 0.25) is 5.91 Å². The third-order valence-corrected chi connectivity index (χ3v) is 6.11. The summed E-state index contributed by atoms with van der Waals surface area (Å²) in [5, 5.41) is 4.12. The number of hydrogen-bond acceptors (Lipinski definition) is 5. The van der Waals surface area contributed by atoms with E-state index >= 15 is 0 Å². The smallest absolute Gasteiger partial charge is 0.227 e. The summed E-state index contributed by atoms with van der Waals surface area (Å²) < 4.78 is 5.65. The molecule has 0 N–H and O–H groups in total. The Bertz CT molecular complexity index is 1070. The van der Waals surface area contributed by atoms with Crippen molar-refractivity contribution in [3.8, 4) is 11.3 Å². The highest BCUT2D eigenvalue weighted by Crippen LogP contribution is 2.38. The Hall–Kier alpha value is -3.02. The minimum atomic E-state index is -0.0728. The van der Waals surface area contributed by atoms with Crippen LogP contribution in [0.4, 0.5) is 0 Å². The minimum absolute atomic E-state index is 0.0728. The van der Waals surface area contributed by atoms with E-state index in [9.17, 15) is 4.79 Å². The molecule has 1 amide bonds. The summed E-state index contributed by atoms with van der Waals surface area (Å²) in [6.45, 7) is 8.85. The first-order chi connectivity index (χ1) is 15.0. The standard InChI is InChI=1S/C25H30N4O2/c1-5-7-22-26-15-20(25-17(3)18(4)28-31-25)24(27-22)21-8-6-13-29(21)23(30)14-19-11-9-16(2)10-12-19/h9-12,15,21H,5-8,13-14H2,1-4H3. The molecule has 0 spiro atoms. The molecule has 1 saturated heterocycles.